The largest absolute Gasteiger partial charge is 0.481 e. The van der Waals surface area contributed by atoms with Gasteiger partial charge in [0, 0.05) is 6.54 Å². The summed E-state index contributed by atoms with van der Waals surface area (Å²) in [6.07, 6.45) is 2.91. The smallest absolute Gasteiger partial charge is 0.307 e. The summed E-state index contributed by atoms with van der Waals surface area (Å²) in [6.45, 7) is 3.96. The van der Waals surface area contributed by atoms with Crippen LogP contribution in [0.1, 0.15) is 20.3 Å². The minimum absolute atomic E-state index is 0.00445. The highest BCUT2D eigenvalue weighted by molar-refractivity contribution is 5.69. The van der Waals surface area contributed by atoms with E-state index >= 15 is 0 Å². The van der Waals surface area contributed by atoms with Gasteiger partial charge < -0.3 is 15.6 Å². The van der Waals surface area contributed by atoms with Crippen molar-refractivity contribution in [1.82, 2.24) is 0 Å². The number of carboxylic acids is 1. The Bertz CT molecular complexity index is 231. The predicted octanol–water partition coefficient (Wildman–Crippen LogP) is 1.24. The van der Waals surface area contributed by atoms with Crippen LogP contribution in [0.3, 0.4) is 0 Å². The van der Waals surface area contributed by atoms with Crippen molar-refractivity contribution < 1.29 is 14.6 Å². The van der Waals surface area contributed by atoms with Gasteiger partial charge in [-0.1, -0.05) is 0 Å². The molecule has 0 aromatic carbocycles. The Kier molecular flexibility index (Phi) is 5.63. The zero-order chi connectivity index (χ0) is 10.3. The summed E-state index contributed by atoms with van der Waals surface area (Å²) < 4.78 is 4.98. The molecule has 0 aliphatic heterocycles. The molecule has 0 amide bonds. The molecule has 0 spiro atoms. The monoisotopic (exact) mass is 185 g/mol. The number of hydrogen-bond acceptors (Lipinski definition) is 3. The summed E-state index contributed by atoms with van der Waals surface area (Å²) in [5.41, 5.74) is 6.87. The first-order chi connectivity index (χ1) is 6.06. The van der Waals surface area contributed by atoms with E-state index < -0.39 is 5.97 Å². The molecule has 0 aromatic heterocycles. The topological polar surface area (TPSA) is 72.5 Å². The molecular weight excluding hydrogens is 170 g/mol. The lowest BCUT2D eigenvalue weighted by molar-refractivity contribution is -0.136. The van der Waals surface area contributed by atoms with Crippen molar-refractivity contribution in [3.05, 3.63) is 23.7 Å². The van der Waals surface area contributed by atoms with Gasteiger partial charge in [0.2, 0.25) is 0 Å². The van der Waals surface area contributed by atoms with Crippen molar-refractivity contribution in [1.29, 1.82) is 0 Å². The maximum absolute atomic E-state index is 10.2. The van der Waals surface area contributed by atoms with E-state index in [4.69, 9.17) is 15.6 Å². The number of nitrogens with two attached hydrogens (primary N) is 1. The minimum atomic E-state index is -0.864. The van der Waals surface area contributed by atoms with Gasteiger partial charge in [-0.2, -0.15) is 0 Å². The van der Waals surface area contributed by atoms with Crippen LogP contribution >= 0.6 is 0 Å². The zero-order valence-corrected chi connectivity index (χ0v) is 7.91. The van der Waals surface area contributed by atoms with Gasteiger partial charge in [0.15, 0.2) is 0 Å². The highest BCUT2D eigenvalue weighted by atomic mass is 16.5. The number of rotatable bonds is 5. The Morgan fingerprint density at radius 1 is 1.38 bits per heavy atom. The number of carboxylic acid groups (broad SMARTS) is 1. The summed E-state index contributed by atoms with van der Waals surface area (Å²) in [7, 11) is 0. The van der Waals surface area contributed by atoms with Crippen LogP contribution < -0.4 is 5.73 Å². The Labute approximate surface area is 77.7 Å². The van der Waals surface area contributed by atoms with E-state index in [1.165, 1.54) is 12.5 Å². The summed E-state index contributed by atoms with van der Waals surface area (Å²) in [5, 5.41) is 8.41. The molecule has 0 aliphatic carbocycles. The maximum atomic E-state index is 10.2. The maximum Gasteiger partial charge on any atom is 0.307 e. The van der Waals surface area contributed by atoms with Gasteiger partial charge in [-0.3, -0.25) is 4.79 Å². The molecule has 13 heavy (non-hydrogen) atoms. The van der Waals surface area contributed by atoms with E-state index in [1.54, 1.807) is 6.92 Å². The van der Waals surface area contributed by atoms with Crippen LogP contribution in [-0.2, 0) is 9.53 Å². The molecule has 74 valence electrons. The summed E-state index contributed by atoms with van der Waals surface area (Å²) >= 11 is 0. The molecule has 0 aliphatic rings. The lowest BCUT2D eigenvalue weighted by Gasteiger charge is -1.97. The van der Waals surface area contributed by atoms with E-state index in [1.807, 2.05) is 6.92 Å². The molecule has 0 fully saturated rings. The van der Waals surface area contributed by atoms with Gasteiger partial charge in [-0.25, -0.2) is 0 Å². The van der Waals surface area contributed by atoms with Crippen LogP contribution in [0.15, 0.2) is 23.7 Å². The third kappa shape index (κ3) is 7.08. The fourth-order valence-corrected chi connectivity index (χ4v) is 0.595. The molecule has 0 saturated heterocycles. The highest BCUT2D eigenvalue weighted by Gasteiger charge is 1.97. The van der Waals surface area contributed by atoms with Crippen LogP contribution in [0.4, 0.5) is 0 Å². The molecule has 0 radical (unpaired) electrons. The number of carbonyl (C=O) groups is 1. The van der Waals surface area contributed by atoms with Crippen LogP contribution in [0.25, 0.3) is 0 Å². The van der Waals surface area contributed by atoms with Gasteiger partial charge in [0.25, 0.3) is 0 Å². The first-order valence-electron chi connectivity index (χ1n) is 3.95. The highest BCUT2D eigenvalue weighted by Crippen LogP contribution is 2.00. The van der Waals surface area contributed by atoms with Crippen molar-refractivity contribution in [3.63, 3.8) is 0 Å². The molecule has 0 aromatic rings. The second kappa shape index (κ2) is 6.25. The van der Waals surface area contributed by atoms with E-state index in [-0.39, 0.29) is 6.42 Å². The number of hydrogen-bond donors (Lipinski definition) is 2. The van der Waals surface area contributed by atoms with E-state index in [0.29, 0.717) is 12.1 Å². The second-order valence-corrected chi connectivity index (χ2v) is 2.84. The third-order valence-electron chi connectivity index (χ3n) is 1.29. The minimum Gasteiger partial charge on any atom is -0.481 e. The lowest BCUT2D eigenvalue weighted by atomic mass is 10.2. The predicted molar refractivity (Wildman–Crippen MR) is 49.9 cm³/mol. The van der Waals surface area contributed by atoms with Crippen molar-refractivity contribution in [3.8, 4) is 0 Å². The first kappa shape index (κ1) is 11.7. The van der Waals surface area contributed by atoms with Crippen LogP contribution in [0.2, 0.25) is 0 Å². The van der Waals surface area contributed by atoms with E-state index in [0.717, 1.165) is 5.57 Å². The summed E-state index contributed by atoms with van der Waals surface area (Å²) in [6, 6.07) is 0. The molecule has 0 bridgehead atoms. The molecule has 4 nitrogen and oxygen atoms in total. The molecular formula is C9H15NO3. The van der Waals surface area contributed by atoms with Crippen molar-refractivity contribution in [2.24, 2.45) is 5.73 Å². The number of aliphatic carboxylic acids is 1. The Morgan fingerprint density at radius 3 is 2.38 bits per heavy atom. The number of ether oxygens (including phenoxy) is 1. The van der Waals surface area contributed by atoms with Crippen LogP contribution in [-0.4, -0.2) is 17.6 Å². The quantitative estimate of drug-likeness (QED) is 0.632. The van der Waals surface area contributed by atoms with Crippen molar-refractivity contribution >= 4 is 5.97 Å². The molecule has 0 heterocycles. The average molecular weight is 185 g/mol. The summed E-state index contributed by atoms with van der Waals surface area (Å²) in [4.78, 5) is 10.2. The molecule has 0 saturated carbocycles. The summed E-state index contributed by atoms with van der Waals surface area (Å²) in [5.74, 6) is -0.864. The van der Waals surface area contributed by atoms with E-state index in [2.05, 4.69) is 0 Å². The van der Waals surface area contributed by atoms with Gasteiger partial charge in [-0.05, 0) is 25.0 Å². The van der Waals surface area contributed by atoms with Gasteiger partial charge >= 0.3 is 5.97 Å². The molecule has 4 heteroatoms. The SMILES string of the molecule is C/C(=C/O/C=C(\C)CN)CC(=O)O. The fourth-order valence-electron chi connectivity index (χ4n) is 0.595. The van der Waals surface area contributed by atoms with Gasteiger partial charge in [0.1, 0.15) is 0 Å². The van der Waals surface area contributed by atoms with Crippen molar-refractivity contribution in [2.75, 3.05) is 6.54 Å². The van der Waals surface area contributed by atoms with Gasteiger partial charge in [0.05, 0.1) is 18.9 Å². The molecule has 0 unspecified atom stereocenters. The van der Waals surface area contributed by atoms with Gasteiger partial charge in [-0.15, -0.1) is 0 Å². The molecule has 0 atom stereocenters. The standard InChI is InChI=1S/C9H15NO3/c1-7(3-9(11)12)5-13-6-8(2)4-10/h5-6H,3-4,10H2,1-2H3,(H,11,12)/b7-5-,8-6+. The lowest BCUT2D eigenvalue weighted by Crippen LogP contribution is -1.99. The first-order valence-corrected chi connectivity index (χ1v) is 3.95. The molecule has 3 N–H and O–H groups in total. The second-order valence-electron chi connectivity index (χ2n) is 2.84. The Morgan fingerprint density at radius 2 is 1.92 bits per heavy atom. The fraction of sp³-hybridized carbons (Fsp3) is 0.444. The van der Waals surface area contributed by atoms with Crippen molar-refractivity contribution in [2.45, 2.75) is 20.3 Å². The zero-order valence-electron chi connectivity index (χ0n) is 7.91. The van der Waals surface area contributed by atoms with Crippen LogP contribution in [0.5, 0.6) is 0 Å². The normalized spacial score (nSPS) is 12.8. The Hall–Kier alpha value is -1.29. The third-order valence-corrected chi connectivity index (χ3v) is 1.29. The average Bonchev–Trinajstić information content (AvgIpc) is 2.02. The molecule has 0 rings (SSSR count). The Balaban J connectivity index is 3.90. The van der Waals surface area contributed by atoms with E-state index in [9.17, 15) is 4.79 Å². The van der Waals surface area contributed by atoms with Crippen LogP contribution in [0, 0.1) is 0 Å².